The van der Waals surface area contributed by atoms with E-state index in [1.165, 1.54) is 6.07 Å². The highest BCUT2D eigenvalue weighted by Crippen LogP contribution is 2.41. The number of hydrogen-bond donors (Lipinski definition) is 1. The van der Waals surface area contributed by atoms with Crippen molar-refractivity contribution in [3.63, 3.8) is 0 Å². The number of anilines is 1. The van der Waals surface area contributed by atoms with Gasteiger partial charge in [0.25, 0.3) is 0 Å². The molecule has 0 saturated heterocycles. The Balaban J connectivity index is 1.61. The molecular weight excluding hydrogens is 465 g/mol. The van der Waals surface area contributed by atoms with Crippen LogP contribution in [-0.4, -0.2) is 54.0 Å². The molecule has 2 aliphatic rings. The molecule has 2 fully saturated rings. The van der Waals surface area contributed by atoms with Crippen molar-refractivity contribution in [3.05, 3.63) is 52.9 Å². The van der Waals surface area contributed by atoms with Crippen LogP contribution in [-0.2, 0) is 0 Å². The van der Waals surface area contributed by atoms with Gasteiger partial charge in [-0.1, -0.05) is 17.7 Å². The van der Waals surface area contributed by atoms with Crippen LogP contribution in [0, 0.1) is 11.7 Å². The van der Waals surface area contributed by atoms with Crippen LogP contribution >= 0.6 is 11.6 Å². The molecule has 2 aromatic carbocycles. The predicted molar refractivity (Wildman–Crippen MR) is 139 cm³/mol. The summed E-state index contributed by atoms with van der Waals surface area (Å²) in [5.74, 6) is -1.08. The molecule has 0 spiro atoms. The minimum absolute atomic E-state index is 0.0362. The molecule has 2 aliphatic carbocycles. The molecule has 0 amide bonds. The van der Waals surface area contributed by atoms with Crippen LogP contribution < -0.4 is 4.90 Å². The minimum atomic E-state index is -0.765. The summed E-state index contributed by atoms with van der Waals surface area (Å²) in [6.45, 7) is 0. The van der Waals surface area contributed by atoms with Gasteiger partial charge in [0.1, 0.15) is 0 Å². The molecule has 1 N–H and O–H groups in total. The van der Waals surface area contributed by atoms with E-state index in [1.807, 2.05) is 18.2 Å². The van der Waals surface area contributed by atoms with Gasteiger partial charge in [-0.2, -0.15) is 0 Å². The molecule has 1 aromatic heterocycles. The lowest BCUT2D eigenvalue weighted by molar-refractivity contribution is 0.0967. The van der Waals surface area contributed by atoms with E-state index in [9.17, 15) is 14.3 Å². The zero-order chi connectivity index (χ0) is 24.9. The minimum Gasteiger partial charge on any atom is -0.504 e. The quantitative estimate of drug-likeness (QED) is 0.406. The summed E-state index contributed by atoms with van der Waals surface area (Å²) in [4.78, 5) is 22.5. The van der Waals surface area contributed by atoms with Crippen molar-refractivity contribution in [3.8, 4) is 16.9 Å². The number of ketones is 1. The molecule has 3 aromatic rings. The van der Waals surface area contributed by atoms with Crippen LogP contribution in [0.25, 0.3) is 22.0 Å². The van der Waals surface area contributed by atoms with Crippen molar-refractivity contribution in [1.82, 2.24) is 9.88 Å². The maximum Gasteiger partial charge on any atom is 0.170 e. The van der Waals surface area contributed by atoms with Crippen LogP contribution in [0.3, 0.4) is 0 Å². The number of fused-ring (bicyclic) bond motifs is 1. The molecule has 0 radical (unpaired) electrons. The van der Waals surface area contributed by atoms with E-state index >= 15 is 0 Å². The highest BCUT2D eigenvalue weighted by molar-refractivity contribution is 6.32. The summed E-state index contributed by atoms with van der Waals surface area (Å²) < 4.78 is 14.2. The number of carbonyl (C=O) groups excluding carboxylic acids is 1. The third-order valence-electron chi connectivity index (χ3n) is 7.70. The molecule has 0 atom stereocenters. The molecule has 5 rings (SSSR count). The van der Waals surface area contributed by atoms with E-state index in [0.717, 1.165) is 60.7 Å². The number of phenols is 1. The second-order valence-corrected chi connectivity index (χ2v) is 10.6. The van der Waals surface area contributed by atoms with Crippen LogP contribution in [0.4, 0.5) is 10.1 Å². The maximum atomic E-state index is 14.2. The van der Waals surface area contributed by atoms with Crippen molar-refractivity contribution in [2.45, 2.75) is 50.6 Å². The van der Waals surface area contributed by atoms with Gasteiger partial charge in [0.05, 0.1) is 21.8 Å². The number of aromatic hydroxyl groups is 1. The van der Waals surface area contributed by atoms with E-state index < -0.39 is 11.6 Å². The van der Waals surface area contributed by atoms with E-state index in [-0.39, 0.29) is 16.7 Å². The summed E-state index contributed by atoms with van der Waals surface area (Å²) in [5, 5.41) is 10.6. The lowest BCUT2D eigenvalue weighted by Gasteiger charge is -2.39. The molecule has 2 saturated carbocycles. The molecule has 35 heavy (non-hydrogen) atoms. The summed E-state index contributed by atoms with van der Waals surface area (Å²) in [6, 6.07) is 9.47. The van der Waals surface area contributed by atoms with Gasteiger partial charge in [-0.25, -0.2) is 4.39 Å². The number of halogens is 2. The summed E-state index contributed by atoms with van der Waals surface area (Å²) in [7, 11) is 6.36. The average molecular weight is 496 g/mol. The first-order chi connectivity index (χ1) is 16.7. The van der Waals surface area contributed by atoms with Crippen molar-refractivity contribution >= 4 is 34.0 Å². The largest absolute Gasteiger partial charge is 0.504 e. The SMILES string of the molecule is CN(C)C1CCC(N(C)c2c(C(=O)C3CC3)cnc3ccc(-c4cc(F)c(O)c(Cl)c4)cc23)CC1. The molecule has 5 nitrogen and oxygen atoms in total. The molecule has 1 heterocycles. The number of Topliss-reactive ketones (excluding diaryl/α,β-unsaturated/α-hetero) is 1. The Labute approximate surface area is 210 Å². The van der Waals surface area contributed by atoms with E-state index in [4.69, 9.17) is 11.6 Å². The topological polar surface area (TPSA) is 56.7 Å². The number of carbonyl (C=O) groups is 1. The van der Waals surface area contributed by atoms with Crippen LogP contribution in [0.15, 0.2) is 36.5 Å². The smallest absolute Gasteiger partial charge is 0.170 e. The Kier molecular flexibility index (Phi) is 6.45. The van der Waals surface area contributed by atoms with Crippen molar-refractivity contribution in [1.29, 1.82) is 0 Å². The molecule has 7 heteroatoms. The third-order valence-corrected chi connectivity index (χ3v) is 7.99. The van der Waals surface area contributed by atoms with Gasteiger partial charge in [0.15, 0.2) is 17.3 Å². The van der Waals surface area contributed by atoms with Gasteiger partial charge in [0.2, 0.25) is 0 Å². The number of benzene rings is 2. The fourth-order valence-electron chi connectivity index (χ4n) is 5.36. The average Bonchev–Trinajstić information content (AvgIpc) is 3.71. The monoisotopic (exact) mass is 495 g/mol. The second kappa shape index (κ2) is 9.40. The molecular formula is C28H31ClFN3O2. The molecule has 0 aliphatic heterocycles. The Morgan fingerprint density at radius 3 is 2.31 bits per heavy atom. The lowest BCUT2D eigenvalue weighted by atomic mass is 9.88. The second-order valence-electron chi connectivity index (χ2n) is 10.2. The highest BCUT2D eigenvalue weighted by Gasteiger charge is 2.35. The van der Waals surface area contributed by atoms with Gasteiger partial charge in [0, 0.05) is 36.6 Å². The van der Waals surface area contributed by atoms with E-state index in [1.54, 1.807) is 12.3 Å². The van der Waals surface area contributed by atoms with Crippen LogP contribution in [0.5, 0.6) is 5.75 Å². The zero-order valence-electron chi connectivity index (χ0n) is 20.4. The first-order valence-electron chi connectivity index (χ1n) is 12.3. The highest BCUT2D eigenvalue weighted by atomic mass is 35.5. The first-order valence-corrected chi connectivity index (χ1v) is 12.7. The van der Waals surface area contributed by atoms with Crippen molar-refractivity contribution in [2.24, 2.45) is 5.92 Å². The van der Waals surface area contributed by atoms with E-state index in [0.29, 0.717) is 23.2 Å². The van der Waals surface area contributed by atoms with Gasteiger partial charge in [-0.3, -0.25) is 9.78 Å². The number of pyridine rings is 1. The van der Waals surface area contributed by atoms with E-state index in [2.05, 4.69) is 35.9 Å². The van der Waals surface area contributed by atoms with Gasteiger partial charge in [-0.05, 0) is 88.0 Å². The standard InChI is InChI=1S/C28H31ClFN3O2/c1-32(2)19-7-9-20(10-8-19)33(3)26-21-12-17(18-13-23(29)28(35)24(30)14-18)6-11-25(21)31-15-22(26)27(34)16-4-5-16/h6,11-16,19-20,35H,4-5,7-10H2,1-3H3. The Morgan fingerprint density at radius 1 is 1.00 bits per heavy atom. The number of rotatable bonds is 6. The zero-order valence-corrected chi connectivity index (χ0v) is 21.1. The van der Waals surface area contributed by atoms with Gasteiger partial charge >= 0.3 is 0 Å². The van der Waals surface area contributed by atoms with Gasteiger partial charge < -0.3 is 14.9 Å². The number of nitrogens with zero attached hydrogens (tertiary/aromatic N) is 3. The predicted octanol–water partition coefficient (Wildman–Crippen LogP) is 6.30. The summed E-state index contributed by atoms with van der Waals surface area (Å²) in [5.41, 5.74) is 3.68. The number of phenolic OH excluding ortho intramolecular Hbond substituents is 1. The fraction of sp³-hybridized carbons (Fsp3) is 0.429. The summed E-state index contributed by atoms with van der Waals surface area (Å²) in [6.07, 6.45) is 7.94. The third kappa shape index (κ3) is 4.62. The lowest BCUT2D eigenvalue weighted by Crippen LogP contribution is -2.41. The Morgan fingerprint density at radius 2 is 1.69 bits per heavy atom. The number of aromatic nitrogens is 1. The Bertz CT molecular complexity index is 1260. The van der Waals surface area contributed by atoms with Crippen molar-refractivity contribution in [2.75, 3.05) is 26.0 Å². The molecule has 0 bridgehead atoms. The molecule has 184 valence electrons. The normalized spacial score (nSPS) is 20.4. The first kappa shape index (κ1) is 24.0. The number of hydrogen-bond acceptors (Lipinski definition) is 5. The van der Waals surface area contributed by atoms with Gasteiger partial charge in [-0.15, -0.1) is 0 Å². The molecule has 0 unspecified atom stereocenters. The fourth-order valence-corrected chi connectivity index (χ4v) is 5.57. The van der Waals surface area contributed by atoms with Crippen LogP contribution in [0.1, 0.15) is 48.9 Å². The summed E-state index contributed by atoms with van der Waals surface area (Å²) >= 11 is 6.05. The maximum absolute atomic E-state index is 14.2. The van der Waals surface area contributed by atoms with Crippen molar-refractivity contribution < 1.29 is 14.3 Å². The Hall–Kier alpha value is -2.70. The van der Waals surface area contributed by atoms with Crippen LogP contribution in [0.2, 0.25) is 5.02 Å².